The van der Waals surface area contributed by atoms with Crippen molar-refractivity contribution in [3.63, 3.8) is 0 Å². The van der Waals surface area contributed by atoms with E-state index in [0.717, 1.165) is 0 Å². The highest BCUT2D eigenvalue weighted by molar-refractivity contribution is 9.09. The molecule has 0 bridgehead atoms. The maximum Gasteiger partial charge on any atom is 0.337 e. The monoisotopic (exact) mass is 402 g/mol. The van der Waals surface area contributed by atoms with E-state index < -0.39 is 36.0 Å². The second-order valence-corrected chi connectivity index (χ2v) is 5.93. The van der Waals surface area contributed by atoms with E-state index in [9.17, 15) is 22.7 Å². The first-order chi connectivity index (χ1) is 10.7. The number of halogens is 5. The van der Waals surface area contributed by atoms with Gasteiger partial charge in [-0.05, 0) is 12.5 Å². The number of aliphatic hydroxyl groups is 1. The lowest BCUT2D eigenvalue weighted by atomic mass is 10.0. The topological polar surface area (TPSA) is 38.7 Å². The first-order valence-corrected chi connectivity index (χ1v) is 7.93. The molecule has 1 rings (SSSR count). The summed E-state index contributed by atoms with van der Waals surface area (Å²) in [6.45, 7) is 0.690. The number of alkyl halides is 5. The van der Waals surface area contributed by atoms with Crippen molar-refractivity contribution in [3.8, 4) is 0 Å². The van der Waals surface area contributed by atoms with Gasteiger partial charge in [-0.3, -0.25) is 0 Å². The van der Waals surface area contributed by atoms with Crippen LogP contribution in [0.25, 0.3) is 0 Å². The number of hydrogen-bond acceptors (Lipinski definition) is 3. The van der Waals surface area contributed by atoms with Crippen LogP contribution in [0.4, 0.5) is 17.6 Å². The molecule has 0 aliphatic rings. The predicted molar refractivity (Wildman–Crippen MR) is 81.0 cm³/mol. The van der Waals surface area contributed by atoms with Gasteiger partial charge in [-0.15, -0.1) is 0 Å². The van der Waals surface area contributed by atoms with Crippen molar-refractivity contribution in [3.05, 3.63) is 35.9 Å². The molecular weight excluding hydrogens is 384 g/mol. The number of ether oxygens (including phenoxy) is 2. The zero-order valence-electron chi connectivity index (χ0n) is 12.5. The summed E-state index contributed by atoms with van der Waals surface area (Å²) in [5, 5.41) is 8.19. The molecule has 8 heteroatoms. The predicted octanol–water partition coefficient (Wildman–Crippen LogP) is 3.98. The average Bonchev–Trinajstić information content (AvgIpc) is 2.47. The number of aliphatic hydroxyl groups excluding tert-OH is 1. The zero-order chi connectivity index (χ0) is 17.5. The Labute approximate surface area is 140 Å². The van der Waals surface area contributed by atoms with Gasteiger partial charge in [0.1, 0.15) is 11.1 Å². The van der Waals surface area contributed by atoms with Gasteiger partial charge in [0.15, 0.2) is 0 Å². The summed E-state index contributed by atoms with van der Waals surface area (Å²) in [5.41, 5.74) is 0.687. The van der Waals surface area contributed by atoms with E-state index in [1.165, 1.54) is 0 Å². The Bertz CT molecular complexity index is 459. The molecule has 1 N–H and O–H groups in total. The summed E-state index contributed by atoms with van der Waals surface area (Å²) in [5.74, 6) is -9.07. The van der Waals surface area contributed by atoms with Crippen molar-refractivity contribution in [2.75, 3.05) is 13.2 Å². The zero-order valence-corrected chi connectivity index (χ0v) is 14.1. The molecule has 0 fully saturated rings. The Balaban J connectivity index is 2.55. The van der Waals surface area contributed by atoms with E-state index in [1.54, 1.807) is 37.3 Å². The van der Waals surface area contributed by atoms with Crippen molar-refractivity contribution < 1.29 is 32.1 Å². The molecule has 1 unspecified atom stereocenters. The molecule has 0 aromatic heterocycles. The van der Waals surface area contributed by atoms with Gasteiger partial charge in [-0.2, -0.15) is 17.6 Å². The standard InChI is InChI=1S/C15H19BrF4O3/c1-2-23-13(16)8-14(17,18)15(19,20)12(21)10-22-9-11-6-4-3-5-7-11/h3-7,12-13,21H,2,8-10H2,1H3/t12-,13?/m1/s1. The summed E-state index contributed by atoms with van der Waals surface area (Å²) in [7, 11) is 0. The largest absolute Gasteiger partial charge is 0.384 e. The normalized spacial score (nSPS) is 15.4. The van der Waals surface area contributed by atoms with Crippen molar-refractivity contribution in [1.82, 2.24) is 0 Å². The van der Waals surface area contributed by atoms with E-state index >= 15 is 0 Å². The van der Waals surface area contributed by atoms with Crippen molar-refractivity contribution in [2.45, 2.75) is 42.9 Å². The molecule has 23 heavy (non-hydrogen) atoms. The molecule has 3 nitrogen and oxygen atoms in total. The molecule has 0 radical (unpaired) electrons. The molecule has 0 saturated carbocycles. The second kappa shape index (κ2) is 8.96. The summed E-state index contributed by atoms with van der Waals surface area (Å²) < 4.78 is 64.6. The fraction of sp³-hybridized carbons (Fsp3) is 0.600. The maximum atomic E-state index is 13.8. The smallest absolute Gasteiger partial charge is 0.337 e. The fourth-order valence-corrected chi connectivity index (χ4v) is 2.46. The molecular formula is C15H19BrF4O3. The number of benzene rings is 1. The third-order valence-electron chi connectivity index (χ3n) is 3.06. The molecule has 1 aromatic rings. The average molecular weight is 403 g/mol. The van der Waals surface area contributed by atoms with Crippen LogP contribution >= 0.6 is 15.9 Å². The third-order valence-corrected chi connectivity index (χ3v) is 3.65. The third kappa shape index (κ3) is 6.02. The van der Waals surface area contributed by atoms with Gasteiger partial charge in [0.25, 0.3) is 0 Å². The van der Waals surface area contributed by atoms with Crippen LogP contribution in [0, 0.1) is 0 Å². The van der Waals surface area contributed by atoms with Gasteiger partial charge >= 0.3 is 11.8 Å². The van der Waals surface area contributed by atoms with Crippen molar-refractivity contribution >= 4 is 15.9 Å². The molecule has 0 aliphatic heterocycles. The Kier molecular flexibility index (Phi) is 7.93. The highest BCUT2D eigenvalue weighted by atomic mass is 79.9. The van der Waals surface area contributed by atoms with Crippen molar-refractivity contribution in [1.29, 1.82) is 0 Å². The summed E-state index contributed by atoms with van der Waals surface area (Å²) >= 11 is 2.75. The lowest BCUT2D eigenvalue weighted by Crippen LogP contribution is -2.52. The van der Waals surface area contributed by atoms with Gasteiger partial charge in [0.05, 0.1) is 19.6 Å². The van der Waals surface area contributed by atoms with Crippen molar-refractivity contribution in [2.24, 2.45) is 0 Å². The molecule has 0 heterocycles. The van der Waals surface area contributed by atoms with Crippen LogP contribution in [0.15, 0.2) is 30.3 Å². The molecule has 2 atom stereocenters. The van der Waals surface area contributed by atoms with Crippen LogP contribution in [0.2, 0.25) is 0 Å². The SMILES string of the molecule is CCOC(Br)CC(F)(F)C(F)(F)[C@H](O)COCc1ccccc1. The molecule has 0 saturated heterocycles. The van der Waals surface area contributed by atoms with Gasteiger partial charge in [0.2, 0.25) is 0 Å². The van der Waals surface area contributed by atoms with Crippen LogP contribution in [-0.4, -0.2) is 41.3 Å². The lowest BCUT2D eigenvalue weighted by molar-refractivity contribution is -0.267. The molecule has 0 aliphatic carbocycles. The van der Waals surface area contributed by atoms with E-state index in [1.807, 2.05) is 0 Å². The Morgan fingerprint density at radius 2 is 1.78 bits per heavy atom. The van der Waals surface area contributed by atoms with E-state index in [2.05, 4.69) is 15.9 Å². The summed E-state index contributed by atoms with van der Waals surface area (Å²) in [6.07, 6.45) is -3.88. The number of hydrogen-bond donors (Lipinski definition) is 1. The van der Waals surface area contributed by atoms with Crippen LogP contribution in [-0.2, 0) is 16.1 Å². The van der Waals surface area contributed by atoms with Crippen LogP contribution < -0.4 is 0 Å². The maximum absolute atomic E-state index is 13.8. The minimum atomic E-state index is -4.63. The Morgan fingerprint density at radius 3 is 2.35 bits per heavy atom. The first-order valence-electron chi connectivity index (χ1n) is 7.01. The summed E-state index contributed by atoms with van der Waals surface area (Å²) in [6, 6.07) is 8.60. The van der Waals surface area contributed by atoms with E-state index in [-0.39, 0.29) is 13.2 Å². The molecule has 1 aromatic carbocycles. The van der Waals surface area contributed by atoms with Crippen LogP contribution in [0.3, 0.4) is 0 Å². The van der Waals surface area contributed by atoms with E-state index in [4.69, 9.17) is 9.47 Å². The van der Waals surface area contributed by atoms with Gasteiger partial charge in [-0.25, -0.2) is 0 Å². The van der Waals surface area contributed by atoms with Gasteiger partial charge in [0, 0.05) is 6.61 Å². The van der Waals surface area contributed by atoms with Crippen LogP contribution in [0.1, 0.15) is 18.9 Å². The highest BCUT2D eigenvalue weighted by Gasteiger charge is 2.61. The first kappa shape index (κ1) is 20.3. The van der Waals surface area contributed by atoms with Gasteiger partial charge in [-0.1, -0.05) is 46.3 Å². The lowest BCUT2D eigenvalue weighted by Gasteiger charge is -2.31. The summed E-state index contributed by atoms with van der Waals surface area (Å²) in [4.78, 5) is 0. The van der Waals surface area contributed by atoms with Gasteiger partial charge < -0.3 is 14.6 Å². The second-order valence-electron chi connectivity index (χ2n) is 4.91. The minimum Gasteiger partial charge on any atom is -0.384 e. The fourth-order valence-electron chi connectivity index (χ4n) is 1.79. The minimum absolute atomic E-state index is 0.0560. The molecule has 0 amide bonds. The Morgan fingerprint density at radius 1 is 1.17 bits per heavy atom. The quantitative estimate of drug-likeness (QED) is 0.475. The molecule has 132 valence electrons. The van der Waals surface area contributed by atoms with E-state index in [0.29, 0.717) is 5.56 Å². The Hall–Kier alpha value is -0.700. The number of rotatable bonds is 10. The molecule has 0 spiro atoms. The highest BCUT2D eigenvalue weighted by Crippen LogP contribution is 2.41. The van der Waals surface area contributed by atoms with Crippen LogP contribution in [0.5, 0.6) is 0 Å².